The highest BCUT2D eigenvalue weighted by molar-refractivity contribution is 5.80. The molecule has 1 atom stereocenters. The maximum absolute atomic E-state index is 13.2. The van der Waals surface area contributed by atoms with Crippen LogP contribution in [-0.4, -0.2) is 40.0 Å². The first-order valence-electron chi connectivity index (χ1n) is 10.8. The summed E-state index contributed by atoms with van der Waals surface area (Å²) in [5, 5.41) is 0. The van der Waals surface area contributed by atoms with Crippen molar-refractivity contribution in [1.29, 1.82) is 0 Å². The molecule has 1 saturated heterocycles. The van der Waals surface area contributed by atoms with Crippen LogP contribution in [0.3, 0.4) is 0 Å². The standard InChI is InChI=1S/C23H30N4O/c1-17(2)15-27-19-9-5-12-24-21(19)26-13-6-10-20(26)23(27)11-14-25(16-23)22(28)18-7-3-4-8-18/h5-6,9-10,12-13,17-18H,3-4,7-8,11,14-16H2,1-2H3/t23-/m0/s1. The van der Waals surface area contributed by atoms with Crippen LogP contribution in [0.2, 0.25) is 0 Å². The van der Waals surface area contributed by atoms with Crippen molar-refractivity contribution in [3.63, 3.8) is 0 Å². The van der Waals surface area contributed by atoms with Gasteiger partial charge in [0, 0.05) is 37.9 Å². The third-order valence-electron chi connectivity index (χ3n) is 6.84. The van der Waals surface area contributed by atoms with E-state index in [4.69, 9.17) is 4.98 Å². The van der Waals surface area contributed by atoms with Gasteiger partial charge in [0.15, 0.2) is 5.82 Å². The summed E-state index contributed by atoms with van der Waals surface area (Å²) in [4.78, 5) is 22.6. The monoisotopic (exact) mass is 378 g/mol. The number of aromatic nitrogens is 2. The number of amides is 1. The summed E-state index contributed by atoms with van der Waals surface area (Å²) in [6.07, 6.45) is 9.53. The van der Waals surface area contributed by atoms with Crippen LogP contribution in [0.25, 0.3) is 5.82 Å². The summed E-state index contributed by atoms with van der Waals surface area (Å²) >= 11 is 0. The Morgan fingerprint density at radius 2 is 2.07 bits per heavy atom. The van der Waals surface area contributed by atoms with Crippen molar-refractivity contribution in [2.24, 2.45) is 11.8 Å². The van der Waals surface area contributed by atoms with E-state index in [2.05, 4.69) is 52.6 Å². The van der Waals surface area contributed by atoms with Crippen molar-refractivity contribution in [3.05, 3.63) is 42.4 Å². The maximum Gasteiger partial charge on any atom is 0.225 e. The Labute approximate surface area is 167 Å². The number of fused-ring (bicyclic) bond motifs is 4. The third kappa shape index (κ3) is 2.59. The molecule has 0 unspecified atom stereocenters. The fourth-order valence-corrected chi connectivity index (χ4v) is 5.58. The molecule has 148 valence electrons. The zero-order valence-corrected chi connectivity index (χ0v) is 17.0. The molecule has 2 aromatic rings. The van der Waals surface area contributed by atoms with Crippen molar-refractivity contribution in [2.45, 2.75) is 51.5 Å². The second-order valence-corrected chi connectivity index (χ2v) is 9.14. The van der Waals surface area contributed by atoms with E-state index in [0.717, 1.165) is 44.7 Å². The molecule has 5 rings (SSSR count). The average Bonchev–Trinajstić information content (AvgIpc) is 3.45. The zero-order valence-electron chi connectivity index (χ0n) is 17.0. The van der Waals surface area contributed by atoms with Crippen LogP contribution in [0.5, 0.6) is 0 Å². The van der Waals surface area contributed by atoms with E-state index in [0.29, 0.717) is 11.8 Å². The molecule has 1 amide bonds. The summed E-state index contributed by atoms with van der Waals surface area (Å²) in [6.45, 7) is 7.15. The molecule has 0 aromatic carbocycles. The molecule has 1 aliphatic carbocycles. The van der Waals surface area contributed by atoms with Gasteiger partial charge in [-0.2, -0.15) is 0 Å². The van der Waals surface area contributed by atoms with Gasteiger partial charge in [-0.1, -0.05) is 26.7 Å². The number of pyridine rings is 1. The van der Waals surface area contributed by atoms with Crippen LogP contribution in [0, 0.1) is 11.8 Å². The molecule has 2 aromatic heterocycles. The fraction of sp³-hybridized carbons (Fsp3) is 0.565. The van der Waals surface area contributed by atoms with E-state index in [1.165, 1.54) is 24.2 Å². The molecule has 5 nitrogen and oxygen atoms in total. The average molecular weight is 379 g/mol. The third-order valence-corrected chi connectivity index (χ3v) is 6.84. The van der Waals surface area contributed by atoms with Gasteiger partial charge < -0.3 is 14.4 Å². The van der Waals surface area contributed by atoms with E-state index >= 15 is 0 Å². The molecule has 28 heavy (non-hydrogen) atoms. The van der Waals surface area contributed by atoms with Gasteiger partial charge in [0.25, 0.3) is 0 Å². The summed E-state index contributed by atoms with van der Waals surface area (Å²) in [5.41, 5.74) is 2.31. The van der Waals surface area contributed by atoms with Crippen molar-refractivity contribution in [3.8, 4) is 5.82 Å². The number of likely N-dealkylation sites (tertiary alicyclic amines) is 1. The first-order valence-corrected chi connectivity index (χ1v) is 10.8. The summed E-state index contributed by atoms with van der Waals surface area (Å²) in [6, 6.07) is 8.58. The topological polar surface area (TPSA) is 41.4 Å². The number of carbonyl (C=O) groups excluding carboxylic acids is 1. The van der Waals surface area contributed by atoms with Gasteiger partial charge in [-0.3, -0.25) is 4.79 Å². The highest BCUT2D eigenvalue weighted by Gasteiger charge is 2.51. The second-order valence-electron chi connectivity index (χ2n) is 9.14. The van der Waals surface area contributed by atoms with Crippen LogP contribution < -0.4 is 4.90 Å². The zero-order chi connectivity index (χ0) is 19.3. The van der Waals surface area contributed by atoms with Gasteiger partial charge >= 0.3 is 0 Å². The van der Waals surface area contributed by atoms with Crippen molar-refractivity contribution < 1.29 is 4.79 Å². The first-order chi connectivity index (χ1) is 13.6. The quantitative estimate of drug-likeness (QED) is 0.812. The van der Waals surface area contributed by atoms with Gasteiger partial charge in [-0.25, -0.2) is 4.98 Å². The lowest BCUT2D eigenvalue weighted by Gasteiger charge is -2.48. The van der Waals surface area contributed by atoms with Crippen LogP contribution in [0.1, 0.15) is 51.6 Å². The van der Waals surface area contributed by atoms with Gasteiger partial charge in [-0.05, 0) is 49.4 Å². The Bertz CT molecular complexity index is 882. The first kappa shape index (κ1) is 17.8. The maximum atomic E-state index is 13.2. The molecule has 0 radical (unpaired) electrons. The van der Waals surface area contributed by atoms with Crippen LogP contribution in [0.4, 0.5) is 5.69 Å². The molecular formula is C23H30N4O. The molecule has 2 fully saturated rings. The Morgan fingerprint density at radius 1 is 1.25 bits per heavy atom. The lowest BCUT2D eigenvalue weighted by Crippen LogP contribution is -2.54. The minimum atomic E-state index is -0.155. The molecule has 5 heteroatoms. The lowest BCUT2D eigenvalue weighted by molar-refractivity contribution is -0.134. The van der Waals surface area contributed by atoms with Gasteiger partial charge in [0.05, 0.1) is 11.4 Å². The molecule has 2 aliphatic heterocycles. The fourth-order valence-electron chi connectivity index (χ4n) is 5.58. The van der Waals surface area contributed by atoms with Crippen LogP contribution in [0.15, 0.2) is 36.7 Å². The normalized spacial score (nSPS) is 24.2. The highest BCUT2D eigenvalue weighted by atomic mass is 16.2. The van der Waals surface area contributed by atoms with Crippen molar-refractivity contribution >= 4 is 11.6 Å². The largest absolute Gasteiger partial charge is 0.355 e. The van der Waals surface area contributed by atoms with E-state index in [-0.39, 0.29) is 11.5 Å². The number of carbonyl (C=O) groups is 1. The van der Waals surface area contributed by atoms with Gasteiger partial charge in [-0.15, -0.1) is 0 Å². The molecule has 0 bridgehead atoms. The van der Waals surface area contributed by atoms with Crippen molar-refractivity contribution in [2.75, 3.05) is 24.5 Å². The van der Waals surface area contributed by atoms with Crippen LogP contribution in [-0.2, 0) is 10.3 Å². The van der Waals surface area contributed by atoms with Gasteiger partial charge in [0.2, 0.25) is 5.91 Å². The number of rotatable bonds is 3. The number of anilines is 1. The Hall–Kier alpha value is -2.30. The van der Waals surface area contributed by atoms with E-state index in [9.17, 15) is 4.79 Å². The lowest BCUT2D eigenvalue weighted by atomic mass is 9.88. The molecule has 1 saturated carbocycles. The summed E-state index contributed by atoms with van der Waals surface area (Å²) in [7, 11) is 0. The van der Waals surface area contributed by atoms with Crippen molar-refractivity contribution in [1.82, 2.24) is 14.5 Å². The Morgan fingerprint density at radius 3 is 2.86 bits per heavy atom. The highest BCUT2D eigenvalue weighted by Crippen LogP contribution is 2.47. The molecule has 3 aliphatic rings. The number of hydrogen-bond donors (Lipinski definition) is 0. The van der Waals surface area contributed by atoms with E-state index in [1.807, 2.05) is 12.3 Å². The molecule has 0 N–H and O–H groups in total. The summed E-state index contributed by atoms with van der Waals surface area (Å²) < 4.78 is 2.25. The number of nitrogens with zero attached hydrogens (tertiary/aromatic N) is 4. The Kier molecular flexibility index (Phi) is 4.22. The Balaban J connectivity index is 1.56. The van der Waals surface area contributed by atoms with E-state index < -0.39 is 0 Å². The predicted octanol–water partition coefficient (Wildman–Crippen LogP) is 3.97. The minimum absolute atomic E-state index is 0.155. The van der Waals surface area contributed by atoms with Crippen LogP contribution >= 0.6 is 0 Å². The minimum Gasteiger partial charge on any atom is -0.355 e. The molecule has 1 spiro atoms. The summed E-state index contributed by atoms with van der Waals surface area (Å²) in [5.74, 6) is 2.17. The molecular weight excluding hydrogens is 348 g/mol. The SMILES string of the molecule is CC(C)CN1c2cccnc2-n2cccc2[C@@]12CCN(C(=O)C1CCCC1)C2. The smallest absolute Gasteiger partial charge is 0.225 e. The van der Waals surface area contributed by atoms with Gasteiger partial charge in [0.1, 0.15) is 5.54 Å². The predicted molar refractivity (Wildman–Crippen MR) is 111 cm³/mol. The van der Waals surface area contributed by atoms with E-state index in [1.54, 1.807) is 0 Å². The number of hydrogen-bond acceptors (Lipinski definition) is 3. The molecule has 4 heterocycles. The second kappa shape index (κ2) is 6.64.